The maximum atomic E-state index is 13.6. The fraction of sp³-hybridized carbons (Fsp3) is 0.609. The van der Waals surface area contributed by atoms with Crippen LogP contribution in [-0.2, 0) is 40.0 Å². The molecule has 3 heterocycles. The van der Waals surface area contributed by atoms with Gasteiger partial charge in [-0.3, -0.25) is 14.3 Å². The van der Waals surface area contributed by atoms with Crippen molar-refractivity contribution in [1.82, 2.24) is 14.7 Å². The van der Waals surface area contributed by atoms with Gasteiger partial charge in [0.05, 0.1) is 31.3 Å². The largest absolute Gasteiger partial charge is 0.466 e. The third-order valence-electron chi connectivity index (χ3n) is 6.60. The van der Waals surface area contributed by atoms with E-state index in [0.717, 1.165) is 18.4 Å². The highest BCUT2D eigenvalue weighted by molar-refractivity contribution is 7.07. The quantitative estimate of drug-likeness (QED) is 0.561. The number of ether oxygens (including phenoxy) is 1. The van der Waals surface area contributed by atoms with Gasteiger partial charge in [-0.1, -0.05) is 0 Å². The van der Waals surface area contributed by atoms with Crippen molar-refractivity contribution in [3.8, 4) is 0 Å². The summed E-state index contributed by atoms with van der Waals surface area (Å²) in [4.78, 5) is 26.6. The second-order valence-electron chi connectivity index (χ2n) is 8.80. The predicted molar refractivity (Wildman–Crippen MR) is 116 cm³/mol. The molecule has 0 unspecified atom stereocenters. The van der Waals surface area contributed by atoms with Gasteiger partial charge < -0.3 is 9.64 Å². The van der Waals surface area contributed by atoms with Gasteiger partial charge in [0.2, 0.25) is 5.91 Å². The molecule has 2 aliphatic rings. The lowest BCUT2D eigenvalue weighted by Gasteiger charge is -2.31. The summed E-state index contributed by atoms with van der Waals surface area (Å²) in [7, 11) is 0. The monoisotopic (exact) mass is 483 g/mol. The normalized spacial score (nSPS) is 21.0. The van der Waals surface area contributed by atoms with E-state index in [1.165, 1.54) is 16.0 Å². The molecule has 0 N–H and O–H groups in total. The molecule has 2 aromatic heterocycles. The van der Waals surface area contributed by atoms with Crippen molar-refractivity contribution >= 4 is 23.2 Å². The molecular formula is C23H28F3N3O3S. The van der Waals surface area contributed by atoms with E-state index in [1.807, 2.05) is 16.8 Å². The zero-order valence-electron chi connectivity index (χ0n) is 18.6. The number of esters is 1. The van der Waals surface area contributed by atoms with E-state index in [4.69, 9.17) is 4.74 Å². The number of carbonyl (C=O) groups is 2. The van der Waals surface area contributed by atoms with Crippen molar-refractivity contribution in [2.45, 2.75) is 64.7 Å². The van der Waals surface area contributed by atoms with Gasteiger partial charge in [-0.05, 0) is 67.3 Å². The molecule has 0 radical (unpaired) electrons. The maximum Gasteiger partial charge on any atom is 0.435 e. The number of hydrogen-bond donors (Lipinski definition) is 0. The van der Waals surface area contributed by atoms with Crippen LogP contribution in [0.25, 0.3) is 0 Å². The molecule has 6 nitrogen and oxygen atoms in total. The van der Waals surface area contributed by atoms with Crippen molar-refractivity contribution in [3.63, 3.8) is 0 Å². The van der Waals surface area contributed by atoms with Crippen LogP contribution in [0.1, 0.15) is 61.5 Å². The van der Waals surface area contributed by atoms with E-state index in [1.54, 1.807) is 11.8 Å². The van der Waals surface area contributed by atoms with Gasteiger partial charge in [0.15, 0.2) is 5.69 Å². The average molecular weight is 484 g/mol. The molecule has 0 bridgehead atoms. The van der Waals surface area contributed by atoms with Crippen molar-refractivity contribution < 1.29 is 27.5 Å². The molecule has 4 rings (SSSR count). The molecule has 0 aromatic carbocycles. The van der Waals surface area contributed by atoms with Crippen molar-refractivity contribution in [2.75, 3.05) is 13.2 Å². The van der Waals surface area contributed by atoms with Gasteiger partial charge in [-0.2, -0.15) is 29.6 Å². The van der Waals surface area contributed by atoms with E-state index in [-0.39, 0.29) is 55.3 Å². The topological polar surface area (TPSA) is 64.4 Å². The predicted octanol–water partition coefficient (Wildman–Crippen LogP) is 4.66. The van der Waals surface area contributed by atoms with Crippen LogP contribution >= 0.6 is 11.3 Å². The molecule has 2 aromatic rings. The van der Waals surface area contributed by atoms with Crippen LogP contribution in [0.3, 0.4) is 0 Å². The number of alkyl halides is 3. The number of fused-ring (bicyclic) bond motifs is 1. The third kappa shape index (κ3) is 5.42. The standard InChI is InChI=1S/C23H28F3N3O3S/c1-2-32-22(31)17-5-3-15(4-6-17)11-20(30)28-9-7-18-19(13-28)29(12-16-8-10-33-14-16)27-21(18)23(24,25)26/h8,10,14-15,17H,2-7,9,11-13H2,1H3. The summed E-state index contributed by atoms with van der Waals surface area (Å²) in [6, 6.07) is 1.87. The molecule has 0 saturated heterocycles. The van der Waals surface area contributed by atoms with Gasteiger partial charge in [0, 0.05) is 18.5 Å². The van der Waals surface area contributed by atoms with Crippen molar-refractivity contribution in [1.29, 1.82) is 0 Å². The van der Waals surface area contributed by atoms with E-state index in [0.29, 0.717) is 31.6 Å². The summed E-state index contributed by atoms with van der Waals surface area (Å²) in [5.41, 5.74) is 0.730. The molecule has 1 fully saturated rings. The summed E-state index contributed by atoms with van der Waals surface area (Å²) in [5, 5.41) is 7.67. The van der Waals surface area contributed by atoms with E-state index < -0.39 is 11.9 Å². The molecule has 0 spiro atoms. The first kappa shape index (κ1) is 23.8. The highest BCUT2D eigenvalue weighted by Crippen LogP contribution is 2.36. The lowest BCUT2D eigenvalue weighted by atomic mass is 9.80. The summed E-state index contributed by atoms with van der Waals surface area (Å²) < 4.78 is 47.3. The first-order valence-corrected chi connectivity index (χ1v) is 12.3. The molecule has 1 saturated carbocycles. The number of nitrogens with zero attached hydrogens (tertiary/aromatic N) is 3. The van der Waals surface area contributed by atoms with Gasteiger partial charge in [0.25, 0.3) is 0 Å². The number of hydrogen-bond acceptors (Lipinski definition) is 5. The fourth-order valence-corrected chi connectivity index (χ4v) is 5.51. The smallest absolute Gasteiger partial charge is 0.435 e. The SMILES string of the molecule is CCOC(=O)C1CCC(CC(=O)N2CCc3c(C(F)(F)F)nn(Cc4ccsc4)c3C2)CC1. The maximum absolute atomic E-state index is 13.6. The summed E-state index contributed by atoms with van der Waals surface area (Å²) in [6.45, 7) is 2.81. The first-order chi connectivity index (χ1) is 15.8. The number of halogens is 3. The molecule has 180 valence electrons. The van der Waals surface area contributed by atoms with E-state index >= 15 is 0 Å². The van der Waals surface area contributed by atoms with Gasteiger partial charge in [0.1, 0.15) is 0 Å². The second-order valence-corrected chi connectivity index (χ2v) is 9.58. The zero-order valence-corrected chi connectivity index (χ0v) is 19.4. The molecule has 1 aliphatic heterocycles. The number of rotatable bonds is 6. The van der Waals surface area contributed by atoms with Crippen LogP contribution in [-0.4, -0.2) is 39.7 Å². The van der Waals surface area contributed by atoms with Gasteiger partial charge in [-0.15, -0.1) is 0 Å². The molecular weight excluding hydrogens is 455 g/mol. The molecule has 1 aliphatic carbocycles. The summed E-state index contributed by atoms with van der Waals surface area (Å²) >= 11 is 1.48. The Balaban J connectivity index is 1.42. The number of aromatic nitrogens is 2. The highest BCUT2D eigenvalue weighted by Gasteiger charge is 2.41. The Labute approximate surface area is 194 Å². The van der Waals surface area contributed by atoms with Crippen LogP contribution in [0, 0.1) is 11.8 Å². The number of amides is 1. The third-order valence-corrected chi connectivity index (χ3v) is 7.33. The Bertz CT molecular complexity index is 979. The Morgan fingerprint density at radius 1 is 1.24 bits per heavy atom. The Hall–Kier alpha value is -2.36. The lowest BCUT2D eigenvalue weighted by Crippen LogP contribution is -2.38. The number of carbonyl (C=O) groups excluding carboxylic acids is 2. The Morgan fingerprint density at radius 2 is 2.00 bits per heavy atom. The van der Waals surface area contributed by atoms with Crippen LogP contribution in [0.15, 0.2) is 16.8 Å². The Morgan fingerprint density at radius 3 is 2.64 bits per heavy atom. The van der Waals surface area contributed by atoms with Crippen molar-refractivity contribution in [2.24, 2.45) is 11.8 Å². The van der Waals surface area contributed by atoms with Crippen LogP contribution in [0.4, 0.5) is 13.2 Å². The summed E-state index contributed by atoms with van der Waals surface area (Å²) in [6.07, 6.45) is -1.03. The van der Waals surface area contributed by atoms with Crippen LogP contribution in [0.2, 0.25) is 0 Å². The molecule has 1 amide bonds. The van der Waals surface area contributed by atoms with Crippen LogP contribution < -0.4 is 0 Å². The van der Waals surface area contributed by atoms with Gasteiger partial charge >= 0.3 is 12.1 Å². The minimum Gasteiger partial charge on any atom is -0.466 e. The molecule has 33 heavy (non-hydrogen) atoms. The minimum absolute atomic E-state index is 0.0444. The van der Waals surface area contributed by atoms with Crippen molar-refractivity contribution in [3.05, 3.63) is 39.3 Å². The zero-order chi connectivity index (χ0) is 23.6. The minimum atomic E-state index is -4.52. The second kappa shape index (κ2) is 9.87. The lowest BCUT2D eigenvalue weighted by molar-refractivity contribution is -0.149. The molecule has 0 atom stereocenters. The van der Waals surface area contributed by atoms with E-state index in [9.17, 15) is 22.8 Å². The first-order valence-electron chi connectivity index (χ1n) is 11.4. The fourth-order valence-electron chi connectivity index (χ4n) is 4.85. The van der Waals surface area contributed by atoms with Crippen LogP contribution in [0.5, 0.6) is 0 Å². The highest BCUT2D eigenvalue weighted by atomic mass is 32.1. The van der Waals surface area contributed by atoms with E-state index in [2.05, 4.69) is 5.10 Å². The average Bonchev–Trinajstić information content (AvgIpc) is 3.42. The van der Waals surface area contributed by atoms with Gasteiger partial charge in [-0.25, -0.2) is 0 Å². The summed E-state index contributed by atoms with van der Waals surface area (Å²) in [5.74, 6) is -0.116. The Kier molecular flexibility index (Phi) is 7.11. The molecule has 10 heteroatoms. The number of thiophene rings is 1.